The number of rotatable bonds is 5. The number of anilines is 1. The average molecular weight is 396 g/mol. The lowest BCUT2D eigenvalue weighted by molar-refractivity contribution is -0.0175. The van der Waals surface area contributed by atoms with E-state index in [1.807, 2.05) is 31.2 Å². The van der Waals surface area contributed by atoms with Crippen LogP contribution in [0.2, 0.25) is 0 Å². The Morgan fingerprint density at radius 1 is 1.31 bits per heavy atom. The minimum absolute atomic E-state index is 0.0244. The number of likely N-dealkylation sites (N-methyl/N-ethyl adjacent to an activating group) is 1. The van der Waals surface area contributed by atoms with Gasteiger partial charge in [0.15, 0.2) is 5.52 Å². The van der Waals surface area contributed by atoms with Crippen molar-refractivity contribution in [1.82, 2.24) is 25.5 Å². The molecule has 1 aliphatic heterocycles. The fourth-order valence-corrected chi connectivity index (χ4v) is 3.49. The SMILES string of the molecule is Cc1nc2nonc2c(N)c1Cc1ccc(C(=O)NCC2CN(C)CCO2)cc1. The number of nitrogens with zero attached hydrogens (tertiary/aromatic N) is 4. The summed E-state index contributed by atoms with van der Waals surface area (Å²) < 4.78 is 10.4. The maximum absolute atomic E-state index is 12.4. The molecule has 1 atom stereocenters. The van der Waals surface area contributed by atoms with Gasteiger partial charge in [-0.15, -0.1) is 0 Å². The summed E-state index contributed by atoms with van der Waals surface area (Å²) in [6, 6.07) is 7.47. The van der Waals surface area contributed by atoms with Crippen LogP contribution in [0.15, 0.2) is 28.9 Å². The summed E-state index contributed by atoms with van der Waals surface area (Å²) in [6.07, 6.45) is 0.605. The molecule has 1 fully saturated rings. The highest BCUT2D eigenvalue weighted by Crippen LogP contribution is 2.25. The number of aryl methyl sites for hydroxylation is 1. The van der Waals surface area contributed by atoms with Crippen LogP contribution in [0.5, 0.6) is 0 Å². The van der Waals surface area contributed by atoms with E-state index >= 15 is 0 Å². The first kappa shape index (κ1) is 19.3. The molecule has 0 radical (unpaired) electrons. The van der Waals surface area contributed by atoms with E-state index in [0.29, 0.717) is 42.0 Å². The molecular weight excluding hydrogens is 372 g/mol. The number of nitrogen functional groups attached to an aromatic ring is 1. The summed E-state index contributed by atoms with van der Waals surface area (Å²) >= 11 is 0. The molecule has 152 valence electrons. The van der Waals surface area contributed by atoms with E-state index < -0.39 is 0 Å². The topological polar surface area (TPSA) is 119 Å². The van der Waals surface area contributed by atoms with Crippen LogP contribution in [-0.4, -0.2) is 65.5 Å². The number of carbonyl (C=O) groups is 1. The number of benzene rings is 1. The van der Waals surface area contributed by atoms with Gasteiger partial charge in [0, 0.05) is 42.9 Å². The number of amides is 1. The predicted octanol–water partition coefficient (Wildman–Crippen LogP) is 1.16. The lowest BCUT2D eigenvalue weighted by Gasteiger charge is -2.30. The van der Waals surface area contributed by atoms with Crippen molar-refractivity contribution in [2.45, 2.75) is 19.4 Å². The number of carbonyl (C=O) groups excluding carboxylic acids is 1. The van der Waals surface area contributed by atoms with E-state index in [1.54, 1.807) is 0 Å². The van der Waals surface area contributed by atoms with Crippen LogP contribution in [0, 0.1) is 6.92 Å². The standard InChI is InChI=1S/C20H24N6O3/c1-12-16(17(21)18-19(23-12)25-29-24-18)9-13-3-5-14(6-4-13)20(27)22-10-15-11-26(2)7-8-28-15/h3-6,15H,7-11,21H2,1-2H3,(H,22,27). The van der Waals surface area contributed by atoms with Crippen molar-refractivity contribution < 1.29 is 14.2 Å². The summed E-state index contributed by atoms with van der Waals surface area (Å²) in [5.74, 6) is -0.110. The molecular formula is C20H24N6O3. The van der Waals surface area contributed by atoms with Gasteiger partial charge in [0.1, 0.15) is 0 Å². The number of pyridine rings is 1. The van der Waals surface area contributed by atoms with Crippen molar-refractivity contribution >= 4 is 22.8 Å². The van der Waals surface area contributed by atoms with Crippen molar-refractivity contribution in [3.05, 3.63) is 46.6 Å². The lowest BCUT2D eigenvalue weighted by Crippen LogP contribution is -2.45. The van der Waals surface area contributed by atoms with Crippen LogP contribution in [0.4, 0.5) is 5.69 Å². The molecule has 9 heteroatoms. The summed E-state index contributed by atoms with van der Waals surface area (Å²) in [5, 5.41) is 10.5. The Kier molecular flexibility index (Phi) is 5.41. The third-order valence-electron chi connectivity index (χ3n) is 5.19. The van der Waals surface area contributed by atoms with Gasteiger partial charge >= 0.3 is 0 Å². The molecule has 4 rings (SSSR count). The largest absolute Gasteiger partial charge is 0.396 e. The number of nitrogens with one attached hydrogen (secondary N) is 1. The third-order valence-corrected chi connectivity index (χ3v) is 5.19. The molecule has 0 bridgehead atoms. The van der Waals surface area contributed by atoms with E-state index in [9.17, 15) is 4.79 Å². The summed E-state index contributed by atoms with van der Waals surface area (Å²) in [6.45, 7) is 4.81. The van der Waals surface area contributed by atoms with E-state index in [-0.39, 0.29) is 12.0 Å². The van der Waals surface area contributed by atoms with Gasteiger partial charge in [0.05, 0.1) is 18.4 Å². The Morgan fingerprint density at radius 2 is 2.10 bits per heavy atom. The second kappa shape index (κ2) is 8.14. The molecule has 0 saturated carbocycles. The summed E-state index contributed by atoms with van der Waals surface area (Å²) in [5.41, 5.74) is 10.9. The normalized spacial score (nSPS) is 17.5. The zero-order valence-electron chi connectivity index (χ0n) is 16.5. The van der Waals surface area contributed by atoms with Gasteiger partial charge in [-0.2, -0.15) is 0 Å². The van der Waals surface area contributed by atoms with Crippen LogP contribution in [0.1, 0.15) is 27.2 Å². The highest BCUT2D eigenvalue weighted by molar-refractivity contribution is 5.94. The van der Waals surface area contributed by atoms with Gasteiger partial charge in [0.2, 0.25) is 5.65 Å². The van der Waals surface area contributed by atoms with Gasteiger partial charge in [-0.3, -0.25) is 4.79 Å². The maximum Gasteiger partial charge on any atom is 0.251 e. The molecule has 1 aromatic carbocycles. The maximum atomic E-state index is 12.4. The van der Waals surface area contributed by atoms with E-state index in [2.05, 4.69) is 32.6 Å². The fraction of sp³-hybridized carbons (Fsp3) is 0.400. The highest BCUT2D eigenvalue weighted by Gasteiger charge is 2.19. The first-order valence-electron chi connectivity index (χ1n) is 9.55. The van der Waals surface area contributed by atoms with E-state index in [1.165, 1.54) is 0 Å². The summed E-state index contributed by atoms with van der Waals surface area (Å²) in [4.78, 5) is 19.0. The molecule has 3 aromatic rings. The van der Waals surface area contributed by atoms with E-state index in [4.69, 9.17) is 15.1 Å². The van der Waals surface area contributed by atoms with Gasteiger partial charge < -0.3 is 20.7 Å². The van der Waals surface area contributed by atoms with Gasteiger partial charge in [-0.25, -0.2) is 9.61 Å². The van der Waals surface area contributed by atoms with Crippen molar-refractivity contribution in [1.29, 1.82) is 0 Å². The molecule has 1 unspecified atom stereocenters. The minimum Gasteiger partial charge on any atom is -0.396 e. The lowest BCUT2D eigenvalue weighted by atomic mass is 10.0. The van der Waals surface area contributed by atoms with Gasteiger partial charge in [-0.1, -0.05) is 12.1 Å². The second-order valence-corrected chi connectivity index (χ2v) is 7.36. The first-order valence-corrected chi connectivity index (χ1v) is 9.55. The fourth-order valence-electron chi connectivity index (χ4n) is 3.49. The molecule has 3 heterocycles. The smallest absolute Gasteiger partial charge is 0.251 e. The zero-order valence-corrected chi connectivity index (χ0v) is 16.5. The van der Waals surface area contributed by atoms with Crippen molar-refractivity contribution in [3.63, 3.8) is 0 Å². The second-order valence-electron chi connectivity index (χ2n) is 7.36. The molecule has 2 aromatic heterocycles. The molecule has 0 aliphatic carbocycles. The summed E-state index contributed by atoms with van der Waals surface area (Å²) in [7, 11) is 2.05. The highest BCUT2D eigenvalue weighted by atomic mass is 16.6. The van der Waals surface area contributed by atoms with Crippen molar-refractivity contribution in [2.24, 2.45) is 0 Å². The van der Waals surface area contributed by atoms with Crippen molar-refractivity contribution in [3.8, 4) is 0 Å². The number of hydrogen-bond acceptors (Lipinski definition) is 8. The quantitative estimate of drug-likeness (QED) is 0.659. The number of hydrogen-bond donors (Lipinski definition) is 2. The Hall–Kier alpha value is -3.04. The number of aromatic nitrogens is 3. The van der Waals surface area contributed by atoms with Crippen LogP contribution in [-0.2, 0) is 11.2 Å². The number of morpholine rings is 1. The van der Waals surface area contributed by atoms with Crippen LogP contribution < -0.4 is 11.1 Å². The van der Waals surface area contributed by atoms with Crippen molar-refractivity contribution in [2.75, 3.05) is 39.0 Å². The van der Waals surface area contributed by atoms with Crippen LogP contribution in [0.3, 0.4) is 0 Å². The Morgan fingerprint density at radius 3 is 2.86 bits per heavy atom. The van der Waals surface area contributed by atoms with Crippen LogP contribution >= 0.6 is 0 Å². The van der Waals surface area contributed by atoms with E-state index in [0.717, 1.165) is 29.9 Å². The molecule has 9 nitrogen and oxygen atoms in total. The monoisotopic (exact) mass is 396 g/mol. The number of nitrogens with two attached hydrogens (primary N) is 1. The van der Waals surface area contributed by atoms with Gasteiger partial charge in [-0.05, 0) is 42.0 Å². The molecule has 29 heavy (non-hydrogen) atoms. The Balaban J connectivity index is 1.41. The predicted molar refractivity (Wildman–Crippen MR) is 108 cm³/mol. The number of fused-ring (bicyclic) bond motifs is 1. The Bertz CT molecular complexity index is 1020. The minimum atomic E-state index is -0.110. The molecule has 3 N–H and O–H groups in total. The molecule has 1 saturated heterocycles. The van der Waals surface area contributed by atoms with Gasteiger partial charge in [0.25, 0.3) is 5.91 Å². The zero-order chi connectivity index (χ0) is 20.4. The molecule has 1 aliphatic rings. The molecule has 1 amide bonds. The average Bonchev–Trinajstić information content (AvgIpc) is 3.18. The van der Waals surface area contributed by atoms with Crippen LogP contribution in [0.25, 0.3) is 11.2 Å². The number of ether oxygens (including phenoxy) is 1. The third kappa shape index (κ3) is 4.20. The Labute approximate surface area is 168 Å². The molecule has 0 spiro atoms. The first-order chi connectivity index (χ1) is 14.0.